The number of fused-ring (bicyclic) bond motifs is 1. The largest absolute Gasteiger partial charge is 0.454 e. The van der Waals surface area contributed by atoms with E-state index in [4.69, 9.17) is 21.7 Å². The molecule has 3 rings (SSSR count). The highest BCUT2D eigenvalue weighted by molar-refractivity contribution is 7.80. The summed E-state index contributed by atoms with van der Waals surface area (Å²) in [6.07, 6.45) is 1.31. The second-order valence-electron chi connectivity index (χ2n) is 5.16. The standard InChI is InChI=1S/C16H14N4O4S/c1-10-4-2-3-5-12(10)18-16(25)19-17-8-11-6-14-15(24-9-23-14)7-13(11)20(21)22/h2-8H,9H2,1H3,(H2,18,19,25)/b17-8-. The van der Waals surface area contributed by atoms with Crippen molar-refractivity contribution in [2.24, 2.45) is 5.10 Å². The Morgan fingerprint density at radius 2 is 2.04 bits per heavy atom. The van der Waals surface area contributed by atoms with Gasteiger partial charge in [-0.25, -0.2) is 0 Å². The van der Waals surface area contributed by atoms with Crippen molar-refractivity contribution in [2.45, 2.75) is 6.92 Å². The van der Waals surface area contributed by atoms with Gasteiger partial charge in [-0.05, 0) is 36.8 Å². The van der Waals surface area contributed by atoms with Gasteiger partial charge < -0.3 is 14.8 Å². The number of ether oxygens (including phenoxy) is 2. The van der Waals surface area contributed by atoms with Crippen LogP contribution in [0, 0.1) is 17.0 Å². The van der Waals surface area contributed by atoms with Crippen LogP contribution in [-0.4, -0.2) is 23.0 Å². The molecule has 2 N–H and O–H groups in total. The van der Waals surface area contributed by atoms with Crippen LogP contribution >= 0.6 is 12.2 Å². The summed E-state index contributed by atoms with van der Waals surface area (Å²) in [5.41, 5.74) is 4.66. The second kappa shape index (κ2) is 7.14. The van der Waals surface area contributed by atoms with Crippen LogP contribution in [0.25, 0.3) is 0 Å². The summed E-state index contributed by atoms with van der Waals surface area (Å²) >= 11 is 5.16. The van der Waals surface area contributed by atoms with Crippen LogP contribution in [0.3, 0.4) is 0 Å². The van der Waals surface area contributed by atoms with Crippen LogP contribution < -0.4 is 20.2 Å². The van der Waals surface area contributed by atoms with Crippen LogP contribution in [0.1, 0.15) is 11.1 Å². The molecular formula is C16H14N4O4S. The van der Waals surface area contributed by atoms with Crippen LogP contribution in [0.5, 0.6) is 11.5 Å². The van der Waals surface area contributed by atoms with Crippen molar-refractivity contribution < 1.29 is 14.4 Å². The Labute approximate surface area is 148 Å². The van der Waals surface area contributed by atoms with E-state index in [0.29, 0.717) is 11.5 Å². The normalized spacial score (nSPS) is 12.2. The summed E-state index contributed by atoms with van der Waals surface area (Å²) in [4.78, 5) is 10.7. The third kappa shape index (κ3) is 3.83. The summed E-state index contributed by atoms with van der Waals surface area (Å²) in [5, 5.41) is 18.4. The van der Waals surface area contributed by atoms with Gasteiger partial charge in [0.15, 0.2) is 16.6 Å². The maximum Gasteiger partial charge on any atom is 0.282 e. The first-order chi connectivity index (χ1) is 12.0. The van der Waals surface area contributed by atoms with Crippen LogP contribution in [0.2, 0.25) is 0 Å². The summed E-state index contributed by atoms with van der Waals surface area (Å²) < 4.78 is 10.4. The molecule has 0 saturated heterocycles. The molecule has 0 atom stereocenters. The van der Waals surface area contributed by atoms with Gasteiger partial charge in [0, 0.05) is 5.69 Å². The number of anilines is 1. The van der Waals surface area contributed by atoms with E-state index in [-0.39, 0.29) is 23.2 Å². The molecule has 1 aliphatic heterocycles. The molecule has 2 aromatic carbocycles. The number of rotatable bonds is 4. The van der Waals surface area contributed by atoms with Gasteiger partial charge in [0.1, 0.15) is 0 Å². The number of hydrazone groups is 1. The van der Waals surface area contributed by atoms with Crippen molar-refractivity contribution in [1.29, 1.82) is 0 Å². The van der Waals surface area contributed by atoms with Crippen molar-refractivity contribution in [1.82, 2.24) is 5.43 Å². The third-order valence-corrected chi connectivity index (χ3v) is 3.67. The maximum atomic E-state index is 11.2. The molecule has 1 heterocycles. The molecule has 0 unspecified atom stereocenters. The van der Waals surface area contributed by atoms with E-state index in [1.54, 1.807) is 0 Å². The lowest BCUT2D eigenvalue weighted by Gasteiger charge is -2.09. The summed E-state index contributed by atoms with van der Waals surface area (Å²) in [6.45, 7) is 1.99. The molecule has 8 nitrogen and oxygen atoms in total. The Hall–Kier alpha value is -3.20. The molecule has 1 aliphatic rings. The predicted molar refractivity (Wildman–Crippen MR) is 97.3 cm³/mol. The SMILES string of the molecule is Cc1ccccc1NC(=S)N/N=C\c1cc2c(cc1[N+](=O)[O-])OCO2. The maximum absolute atomic E-state index is 11.2. The van der Waals surface area contributed by atoms with Gasteiger partial charge in [-0.3, -0.25) is 15.5 Å². The molecule has 2 aromatic rings. The Morgan fingerprint density at radius 3 is 2.76 bits per heavy atom. The molecule has 0 saturated carbocycles. The van der Waals surface area contributed by atoms with Gasteiger partial charge >= 0.3 is 0 Å². The monoisotopic (exact) mass is 358 g/mol. The highest BCUT2D eigenvalue weighted by Crippen LogP contribution is 2.37. The zero-order valence-corrected chi connectivity index (χ0v) is 14.0. The van der Waals surface area contributed by atoms with E-state index in [0.717, 1.165) is 11.3 Å². The van der Waals surface area contributed by atoms with E-state index >= 15 is 0 Å². The molecule has 0 radical (unpaired) electrons. The van der Waals surface area contributed by atoms with Crippen LogP contribution in [0.15, 0.2) is 41.5 Å². The van der Waals surface area contributed by atoms with Crippen molar-refractivity contribution in [3.8, 4) is 11.5 Å². The first-order valence-corrected chi connectivity index (χ1v) is 7.69. The molecule has 0 amide bonds. The lowest BCUT2D eigenvalue weighted by molar-refractivity contribution is -0.385. The van der Waals surface area contributed by atoms with E-state index in [2.05, 4.69) is 15.8 Å². The molecule has 0 aromatic heterocycles. The quantitative estimate of drug-likeness (QED) is 0.375. The second-order valence-corrected chi connectivity index (χ2v) is 5.57. The topological polar surface area (TPSA) is 98.0 Å². The summed E-state index contributed by atoms with van der Waals surface area (Å²) in [5.74, 6) is 0.779. The van der Waals surface area contributed by atoms with E-state index in [1.807, 2.05) is 31.2 Å². The van der Waals surface area contributed by atoms with Crippen LogP contribution in [-0.2, 0) is 0 Å². The van der Waals surface area contributed by atoms with Gasteiger partial charge in [-0.2, -0.15) is 5.10 Å². The van der Waals surface area contributed by atoms with Gasteiger partial charge in [0.05, 0.1) is 22.8 Å². The number of thiocarbonyl (C=S) groups is 1. The minimum Gasteiger partial charge on any atom is -0.454 e. The highest BCUT2D eigenvalue weighted by atomic mass is 32.1. The van der Waals surface area contributed by atoms with E-state index < -0.39 is 4.92 Å². The number of hydrogen-bond donors (Lipinski definition) is 2. The molecule has 0 aliphatic carbocycles. The minimum absolute atomic E-state index is 0.0375. The van der Waals surface area contributed by atoms with E-state index in [9.17, 15) is 10.1 Å². The van der Waals surface area contributed by atoms with Gasteiger partial charge in [-0.15, -0.1) is 0 Å². The fourth-order valence-corrected chi connectivity index (χ4v) is 2.40. The Balaban J connectivity index is 1.71. The molecule has 0 bridgehead atoms. The van der Waals surface area contributed by atoms with Crippen molar-refractivity contribution in [3.63, 3.8) is 0 Å². The highest BCUT2D eigenvalue weighted by Gasteiger charge is 2.22. The number of nitrogens with one attached hydrogen (secondary N) is 2. The minimum atomic E-state index is -0.507. The van der Waals surface area contributed by atoms with Crippen LogP contribution in [0.4, 0.5) is 11.4 Å². The van der Waals surface area contributed by atoms with Gasteiger partial charge in [0.25, 0.3) is 5.69 Å². The van der Waals surface area contributed by atoms with Gasteiger partial charge in [-0.1, -0.05) is 18.2 Å². The Bertz CT molecular complexity index is 869. The molecule has 0 spiro atoms. The van der Waals surface area contributed by atoms with Gasteiger partial charge in [0.2, 0.25) is 6.79 Å². The number of aryl methyl sites for hydroxylation is 1. The molecule has 0 fully saturated rings. The zero-order chi connectivity index (χ0) is 17.8. The number of para-hydroxylation sites is 1. The molecule has 128 valence electrons. The number of benzene rings is 2. The summed E-state index contributed by atoms with van der Waals surface area (Å²) in [6, 6.07) is 10.5. The fraction of sp³-hybridized carbons (Fsp3) is 0.125. The zero-order valence-electron chi connectivity index (χ0n) is 13.2. The van der Waals surface area contributed by atoms with Crippen molar-refractivity contribution in [3.05, 3.63) is 57.6 Å². The smallest absolute Gasteiger partial charge is 0.282 e. The lowest BCUT2D eigenvalue weighted by Crippen LogP contribution is -2.24. The fourth-order valence-electron chi connectivity index (χ4n) is 2.23. The van der Waals surface area contributed by atoms with E-state index in [1.165, 1.54) is 18.3 Å². The number of nitro benzene ring substituents is 1. The molecule has 9 heteroatoms. The lowest BCUT2D eigenvalue weighted by atomic mass is 10.1. The molecule has 25 heavy (non-hydrogen) atoms. The average Bonchev–Trinajstić information content (AvgIpc) is 3.03. The number of hydrogen-bond acceptors (Lipinski definition) is 6. The van der Waals surface area contributed by atoms with Crippen molar-refractivity contribution >= 4 is 34.9 Å². The third-order valence-electron chi connectivity index (χ3n) is 3.48. The summed E-state index contributed by atoms with van der Waals surface area (Å²) in [7, 11) is 0. The average molecular weight is 358 g/mol. The Morgan fingerprint density at radius 1 is 1.32 bits per heavy atom. The Kier molecular flexibility index (Phi) is 4.75. The first-order valence-electron chi connectivity index (χ1n) is 7.28. The first kappa shape index (κ1) is 16.7. The van der Waals surface area contributed by atoms with Crippen molar-refractivity contribution in [2.75, 3.05) is 12.1 Å². The molecular weight excluding hydrogens is 344 g/mol. The predicted octanol–water partition coefficient (Wildman–Crippen LogP) is 2.95. The number of nitro groups is 1. The number of nitrogens with zero attached hydrogens (tertiary/aromatic N) is 2.